The normalized spacial score (nSPS) is 17.2. The van der Waals surface area contributed by atoms with Gasteiger partial charge in [-0.05, 0) is 69.6 Å². The second-order valence-corrected chi connectivity index (χ2v) is 8.06. The molecule has 1 amide bonds. The fourth-order valence-electron chi connectivity index (χ4n) is 4.29. The van der Waals surface area contributed by atoms with E-state index in [0.29, 0.717) is 11.6 Å². The quantitative estimate of drug-likeness (QED) is 0.688. The SMILES string of the molecule is Cc1cc(C)n2nc(C(=O)N3CCCC(CCc4ccccc4C)C3)cc2n1. The summed E-state index contributed by atoms with van der Waals surface area (Å²) in [5.74, 6) is 0.583. The van der Waals surface area contributed by atoms with E-state index >= 15 is 0 Å². The molecule has 1 saturated heterocycles. The Labute approximate surface area is 166 Å². The first-order valence-electron chi connectivity index (χ1n) is 10.2. The molecule has 1 atom stereocenters. The topological polar surface area (TPSA) is 50.5 Å². The van der Waals surface area contributed by atoms with Crippen molar-refractivity contribution in [1.29, 1.82) is 0 Å². The van der Waals surface area contributed by atoms with E-state index in [1.165, 1.54) is 17.5 Å². The summed E-state index contributed by atoms with van der Waals surface area (Å²) < 4.78 is 1.76. The Balaban J connectivity index is 1.45. The third-order valence-electron chi connectivity index (χ3n) is 5.84. The van der Waals surface area contributed by atoms with E-state index in [9.17, 15) is 4.79 Å². The van der Waals surface area contributed by atoms with E-state index < -0.39 is 0 Å². The van der Waals surface area contributed by atoms with Gasteiger partial charge >= 0.3 is 0 Å². The van der Waals surface area contributed by atoms with Crippen LogP contribution < -0.4 is 0 Å². The van der Waals surface area contributed by atoms with Crippen LogP contribution in [0.3, 0.4) is 0 Å². The van der Waals surface area contributed by atoms with E-state index in [-0.39, 0.29) is 5.91 Å². The summed E-state index contributed by atoms with van der Waals surface area (Å²) in [4.78, 5) is 19.5. The third-order valence-corrected chi connectivity index (χ3v) is 5.84. The van der Waals surface area contributed by atoms with Crippen molar-refractivity contribution in [3.8, 4) is 0 Å². The number of carbonyl (C=O) groups excluding carboxylic acids is 1. The molecule has 28 heavy (non-hydrogen) atoms. The van der Waals surface area contributed by atoms with Gasteiger partial charge in [0.25, 0.3) is 5.91 Å². The maximum absolute atomic E-state index is 13.1. The lowest BCUT2D eigenvalue weighted by molar-refractivity contribution is 0.0662. The number of nitrogens with zero attached hydrogens (tertiary/aromatic N) is 4. The predicted octanol–water partition coefficient (Wildman–Crippen LogP) is 4.14. The van der Waals surface area contributed by atoms with Crippen LogP contribution in [-0.4, -0.2) is 38.5 Å². The van der Waals surface area contributed by atoms with Crippen LogP contribution in [0.15, 0.2) is 36.4 Å². The van der Waals surface area contributed by atoms with Gasteiger partial charge in [0, 0.05) is 30.5 Å². The molecular weight excluding hydrogens is 348 g/mol. The Kier molecular flexibility index (Phi) is 5.16. The molecule has 1 unspecified atom stereocenters. The zero-order valence-corrected chi connectivity index (χ0v) is 17.0. The summed E-state index contributed by atoms with van der Waals surface area (Å²) in [5.41, 5.74) is 5.96. The number of likely N-dealkylation sites (tertiary alicyclic amines) is 1. The molecule has 5 heteroatoms. The monoisotopic (exact) mass is 376 g/mol. The Morgan fingerprint density at radius 2 is 2.00 bits per heavy atom. The molecule has 0 radical (unpaired) electrons. The van der Waals surface area contributed by atoms with Crippen LogP contribution in [0.25, 0.3) is 5.65 Å². The highest BCUT2D eigenvalue weighted by molar-refractivity contribution is 5.93. The Bertz CT molecular complexity index is 1010. The minimum absolute atomic E-state index is 0.0307. The molecule has 0 saturated carbocycles. The molecule has 146 valence electrons. The molecule has 0 N–H and O–H groups in total. The molecular formula is C23H28N4O. The molecule has 5 nitrogen and oxygen atoms in total. The molecule has 0 bridgehead atoms. The third kappa shape index (κ3) is 3.79. The van der Waals surface area contributed by atoms with Crippen molar-refractivity contribution in [2.45, 2.75) is 46.5 Å². The molecule has 1 aromatic carbocycles. The van der Waals surface area contributed by atoms with Crippen LogP contribution in [0.1, 0.15) is 52.3 Å². The zero-order chi connectivity index (χ0) is 19.7. The number of fused-ring (bicyclic) bond motifs is 1. The Morgan fingerprint density at radius 3 is 2.82 bits per heavy atom. The molecule has 2 aromatic heterocycles. The number of benzene rings is 1. The Morgan fingerprint density at radius 1 is 1.18 bits per heavy atom. The van der Waals surface area contributed by atoms with Crippen LogP contribution in [-0.2, 0) is 6.42 Å². The van der Waals surface area contributed by atoms with E-state index in [0.717, 1.165) is 49.4 Å². The lowest BCUT2D eigenvalue weighted by Crippen LogP contribution is -2.40. The summed E-state index contributed by atoms with van der Waals surface area (Å²) in [6, 6.07) is 12.4. The van der Waals surface area contributed by atoms with Gasteiger partial charge in [-0.25, -0.2) is 9.50 Å². The molecule has 4 rings (SSSR count). The number of rotatable bonds is 4. The highest BCUT2D eigenvalue weighted by atomic mass is 16.2. The molecule has 3 aromatic rings. The van der Waals surface area contributed by atoms with Crippen molar-refractivity contribution in [1.82, 2.24) is 19.5 Å². The second kappa shape index (κ2) is 7.74. The number of piperidine rings is 1. The second-order valence-electron chi connectivity index (χ2n) is 8.06. The van der Waals surface area contributed by atoms with Gasteiger partial charge in [-0.2, -0.15) is 5.10 Å². The van der Waals surface area contributed by atoms with Crippen LogP contribution in [0.4, 0.5) is 0 Å². The lowest BCUT2D eigenvalue weighted by atomic mass is 9.90. The summed E-state index contributed by atoms with van der Waals surface area (Å²) in [6.45, 7) is 7.77. The van der Waals surface area contributed by atoms with Crippen molar-refractivity contribution in [3.63, 3.8) is 0 Å². The summed E-state index contributed by atoms with van der Waals surface area (Å²) in [6.07, 6.45) is 4.46. The molecule has 0 spiro atoms. The van der Waals surface area contributed by atoms with Gasteiger partial charge in [0.15, 0.2) is 11.3 Å². The molecule has 1 aliphatic heterocycles. The van der Waals surface area contributed by atoms with Crippen molar-refractivity contribution < 1.29 is 4.79 Å². The van der Waals surface area contributed by atoms with Gasteiger partial charge in [-0.1, -0.05) is 24.3 Å². The van der Waals surface area contributed by atoms with Crippen LogP contribution in [0.2, 0.25) is 0 Å². The smallest absolute Gasteiger partial charge is 0.274 e. The van der Waals surface area contributed by atoms with Gasteiger partial charge in [-0.15, -0.1) is 0 Å². The first kappa shape index (κ1) is 18.7. The number of hydrogen-bond acceptors (Lipinski definition) is 3. The summed E-state index contributed by atoms with van der Waals surface area (Å²) >= 11 is 0. The average molecular weight is 377 g/mol. The molecule has 1 fully saturated rings. The van der Waals surface area contributed by atoms with E-state index in [4.69, 9.17) is 0 Å². The minimum atomic E-state index is 0.0307. The highest BCUT2D eigenvalue weighted by Gasteiger charge is 2.26. The van der Waals surface area contributed by atoms with Gasteiger partial charge in [0.2, 0.25) is 0 Å². The predicted molar refractivity (Wildman–Crippen MR) is 111 cm³/mol. The first-order valence-corrected chi connectivity index (χ1v) is 10.2. The van der Waals surface area contributed by atoms with Crippen molar-refractivity contribution in [2.24, 2.45) is 5.92 Å². The average Bonchev–Trinajstić information content (AvgIpc) is 3.11. The van der Waals surface area contributed by atoms with Crippen molar-refractivity contribution in [3.05, 3.63) is 64.6 Å². The van der Waals surface area contributed by atoms with Gasteiger partial charge in [0.1, 0.15) is 0 Å². The maximum atomic E-state index is 13.1. The lowest BCUT2D eigenvalue weighted by Gasteiger charge is -2.32. The molecule has 3 heterocycles. The minimum Gasteiger partial charge on any atom is -0.337 e. The number of amides is 1. The largest absolute Gasteiger partial charge is 0.337 e. The van der Waals surface area contributed by atoms with E-state index in [2.05, 4.69) is 41.3 Å². The number of hydrogen-bond donors (Lipinski definition) is 0. The molecule has 1 aliphatic rings. The number of aryl methyl sites for hydroxylation is 4. The fraction of sp³-hybridized carbons (Fsp3) is 0.435. The first-order chi connectivity index (χ1) is 13.5. The number of carbonyl (C=O) groups is 1. The van der Waals surface area contributed by atoms with E-state index in [1.54, 1.807) is 4.52 Å². The summed E-state index contributed by atoms with van der Waals surface area (Å²) in [5, 5.41) is 4.52. The van der Waals surface area contributed by atoms with Gasteiger partial charge in [-0.3, -0.25) is 4.79 Å². The van der Waals surface area contributed by atoms with Crippen molar-refractivity contribution in [2.75, 3.05) is 13.1 Å². The standard InChI is InChI=1S/C23H28N4O/c1-16-7-4-5-9-20(16)11-10-19-8-6-12-26(15-19)23(28)21-14-22-24-17(2)13-18(3)27(22)25-21/h4-5,7,9,13-14,19H,6,8,10-12,15H2,1-3H3. The zero-order valence-electron chi connectivity index (χ0n) is 17.0. The van der Waals surface area contributed by atoms with Crippen LogP contribution >= 0.6 is 0 Å². The summed E-state index contributed by atoms with van der Waals surface area (Å²) in [7, 11) is 0. The fourth-order valence-corrected chi connectivity index (χ4v) is 4.29. The van der Waals surface area contributed by atoms with E-state index in [1.807, 2.05) is 30.9 Å². The van der Waals surface area contributed by atoms with Gasteiger partial charge < -0.3 is 4.90 Å². The van der Waals surface area contributed by atoms with Crippen LogP contribution in [0.5, 0.6) is 0 Å². The molecule has 0 aliphatic carbocycles. The van der Waals surface area contributed by atoms with Crippen molar-refractivity contribution >= 4 is 11.6 Å². The maximum Gasteiger partial charge on any atom is 0.274 e. The highest BCUT2D eigenvalue weighted by Crippen LogP contribution is 2.24. The Hall–Kier alpha value is -2.69. The van der Waals surface area contributed by atoms with Gasteiger partial charge in [0.05, 0.1) is 0 Å². The number of aromatic nitrogens is 3. The van der Waals surface area contributed by atoms with Crippen LogP contribution in [0, 0.1) is 26.7 Å².